The monoisotopic (exact) mass is 264 g/mol. The maximum Gasteiger partial charge on any atom is 0.137 e. The number of rotatable bonds is 0. The average Bonchev–Trinajstić information content (AvgIpc) is 2.47. The standard InChI is InChI=1S/C16H9ClN2/c17-16-13-8-4-3-7-12(13)14-15(19-16)11-6-2-1-5-10(11)9-18-14/h1-9H. The van der Waals surface area contributed by atoms with Gasteiger partial charge >= 0.3 is 0 Å². The Morgan fingerprint density at radius 1 is 0.737 bits per heavy atom. The first-order valence-corrected chi connectivity index (χ1v) is 6.44. The summed E-state index contributed by atoms with van der Waals surface area (Å²) in [5, 5.41) is 4.68. The molecular weight excluding hydrogens is 256 g/mol. The Labute approximate surface area is 114 Å². The molecule has 0 aliphatic heterocycles. The third-order valence-electron chi connectivity index (χ3n) is 3.39. The van der Waals surface area contributed by atoms with E-state index in [-0.39, 0.29) is 0 Å². The zero-order chi connectivity index (χ0) is 12.8. The SMILES string of the molecule is Clc1nc2c3ccccc3cnc2c2ccccc12. The maximum absolute atomic E-state index is 6.30. The predicted molar refractivity (Wildman–Crippen MR) is 79.6 cm³/mol. The lowest BCUT2D eigenvalue weighted by Crippen LogP contribution is -1.89. The van der Waals surface area contributed by atoms with E-state index >= 15 is 0 Å². The summed E-state index contributed by atoms with van der Waals surface area (Å²) < 4.78 is 0. The van der Waals surface area contributed by atoms with Gasteiger partial charge in [0.2, 0.25) is 0 Å². The van der Waals surface area contributed by atoms with Gasteiger partial charge < -0.3 is 0 Å². The van der Waals surface area contributed by atoms with E-state index in [1.807, 2.05) is 48.7 Å². The van der Waals surface area contributed by atoms with Crippen LogP contribution in [0.2, 0.25) is 5.15 Å². The van der Waals surface area contributed by atoms with Gasteiger partial charge in [0.1, 0.15) is 5.15 Å². The maximum atomic E-state index is 6.30. The largest absolute Gasteiger partial charge is 0.253 e. The molecule has 0 N–H and O–H groups in total. The van der Waals surface area contributed by atoms with Crippen LogP contribution in [0.1, 0.15) is 0 Å². The number of fused-ring (bicyclic) bond motifs is 5. The van der Waals surface area contributed by atoms with E-state index in [4.69, 9.17) is 11.6 Å². The average molecular weight is 265 g/mol. The molecule has 0 bridgehead atoms. The normalized spacial score (nSPS) is 11.4. The molecule has 2 heterocycles. The van der Waals surface area contributed by atoms with Crippen molar-refractivity contribution < 1.29 is 0 Å². The molecule has 0 atom stereocenters. The van der Waals surface area contributed by atoms with Gasteiger partial charge in [-0.05, 0) is 0 Å². The molecule has 0 amide bonds. The van der Waals surface area contributed by atoms with Gasteiger partial charge in [-0.3, -0.25) is 4.98 Å². The molecule has 0 unspecified atom stereocenters. The predicted octanol–water partition coefficient (Wildman–Crippen LogP) is 4.59. The van der Waals surface area contributed by atoms with Crippen molar-refractivity contribution in [2.75, 3.05) is 0 Å². The fraction of sp³-hybridized carbons (Fsp3) is 0. The Balaban J connectivity index is 2.34. The molecule has 2 nitrogen and oxygen atoms in total. The van der Waals surface area contributed by atoms with Gasteiger partial charge in [0.15, 0.2) is 0 Å². The zero-order valence-electron chi connectivity index (χ0n) is 9.97. The quantitative estimate of drug-likeness (QED) is 0.343. The van der Waals surface area contributed by atoms with Crippen molar-refractivity contribution in [3.8, 4) is 0 Å². The third kappa shape index (κ3) is 1.50. The lowest BCUT2D eigenvalue weighted by atomic mass is 10.1. The van der Waals surface area contributed by atoms with Gasteiger partial charge in [0.05, 0.1) is 11.0 Å². The van der Waals surface area contributed by atoms with Crippen molar-refractivity contribution in [3.63, 3.8) is 0 Å². The lowest BCUT2D eigenvalue weighted by Gasteiger charge is -2.07. The molecular formula is C16H9ClN2. The summed E-state index contributed by atoms with van der Waals surface area (Å²) >= 11 is 6.30. The Morgan fingerprint density at radius 2 is 1.42 bits per heavy atom. The molecule has 0 aliphatic rings. The molecule has 19 heavy (non-hydrogen) atoms. The van der Waals surface area contributed by atoms with Crippen LogP contribution in [0.15, 0.2) is 54.7 Å². The molecule has 0 fully saturated rings. The number of hydrogen-bond acceptors (Lipinski definition) is 2. The summed E-state index contributed by atoms with van der Waals surface area (Å²) in [4.78, 5) is 9.09. The number of hydrogen-bond donors (Lipinski definition) is 0. The first-order valence-electron chi connectivity index (χ1n) is 6.06. The van der Waals surface area contributed by atoms with Crippen LogP contribution in [-0.4, -0.2) is 9.97 Å². The van der Waals surface area contributed by atoms with Crippen LogP contribution >= 0.6 is 11.6 Å². The summed E-state index contributed by atoms with van der Waals surface area (Å²) in [7, 11) is 0. The van der Waals surface area contributed by atoms with Crippen LogP contribution in [0.3, 0.4) is 0 Å². The van der Waals surface area contributed by atoms with Crippen LogP contribution in [-0.2, 0) is 0 Å². The van der Waals surface area contributed by atoms with Crippen LogP contribution in [0, 0.1) is 0 Å². The summed E-state index contributed by atoms with van der Waals surface area (Å²) in [5.41, 5.74) is 1.76. The fourth-order valence-electron chi connectivity index (χ4n) is 2.49. The second kappa shape index (κ2) is 3.90. The number of benzene rings is 2. The Hall–Kier alpha value is -2.19. The highest BCUT2D eigenvalue weighted by Gasteiger charge is 2.09. The molecule has 90 valence electrons. The van der Waals surface area contributed by atoms with Gasteiger partial charge in [-0.1, -0.05) is 60.1 Å². The Bertz CT molecular complexity index is 931. The van der Waals surface area contributed by atoms with E-state index in [1.165, 1.54) is 0 Å². The van der Waals surface area contributed by atoms with E-state index in [0.717, 1.165) is 32.6 Å². The topological polar surface area (TPSA) is 25.8 Å². The second-order valence-electron chi connectivity index (χ2n) is 4.49. The molecule has 0 aliphatic carbocycles. The van der Waals surface area contributed by atoms with Crippen molar-refractivity contribution in [2.24, 2.45) is 0 Å². The smallest absolute Gasteiger partial charge is 0.137 e. The van der Waals surface area contributed by atoms with E-state index in [0.29, 0.717) is 5.15 Å². The first kappa shape index (κ1) is 10.7. The minimum Gasteiger partial charge on any atom is -0.253 e. The van der Waals surface area contributed by atoms with E-state index < -0.39 is 0 Å². The van der Waals surface area contributed by atoms with Crippen LogP contribution in [0.5, 0.6) is 0 Å². The van der Waals surface area contributed by atoms with Crippen LogP contribution < -0.4 is 0 Å². The molecule has 0 saturated carbocycles. The van der Waals surface area contributed by atoms with Crippen molar-refractivity contribution in [1.82, 2.24) is 9.97 Å². The van der Waals surface area contributed by atoms with Crippen molar-refractivity contribution in [2.45, 2.75) is 0 Å². The van der Waals surface area contributed by atoms with E-state index in [1.54, 1.807) is 0 Å². The highest BCUT2D eigenvalue weighted by Crippen LogP contribution is 2.31. The lowest BCUT2D eigenvalue weighted by molar-refractivity contribution is 1.39. The molecule has 4 rings (SSSR count). The molecule has 3 heteroatoms. The summed E-state index contributed by atoms with van der Waals surface area (Å²) in [6.07, 6.45) is 1.89. The minimum atomic E-state index is 0.529. The Kier molecular flexibility index (Phi) is 2.20. The van der Waals surface area contributed by atoms with Gasteiger partial charge in [-0.25, -0.2) is 4.98 Å². The number of halogens is 1. The van der Waals surface area contributed by atoms with Gasteiger partial charge in [0, 0.05) is 27.7 Å². The fourth-order valence-corrected chi connectivity index (χ4v) is 2.74. The molecule has 0 spiro atoms. The van der Waals surface area contributed by atoms with Gasteiger partial charge in [-0.2, -0.15) is 0 Å². The highest BCUT2D eigenvalue weighted by atomic mass is 35.5. The van der Waals surface area contributed by atoms with Crippen LogP contribution in [0.25, 0.3) is 32.6 Å². The van der Waals surface area contributed by atoms with Gasteiger partial charge in [-0.15, -0.1) is 0 Å². The Morgan fingerprint density at radius 3 is 2.26 bits per heavy atom. The number of pyridine rings is 2. The first-order chi connectivity index (χ1) is 9.34. The van der Waals surface area contributed by atoms with Gasteiger partial charge in [0.25, 0.3) is 0 Å². The molecule has 2 aromatic heterocycles. The van der Waals surface area contributed by atoms with Crippen molar-refractivity contribution >= 4 is 44.2 Å². The van der Waals surface area contributed by atoms with Crippen molar-refractivity contribution in [1.29, 1.82) is 0 Å². The number of nitrogens with zero attached hydrogens (tertiary/aromatic N) is 2. The molecule has 0 radical (unpaired) electrons. The summed E-state index contributed by atoms with van der Waals surface area (Å²) in [6, 6.07) is 16.1. The van der Waals surface area contributed by atoms with Crippen LogP contribution in [0.4, 0.5) is 0 Å². The minimum absolute atomic E-state index is 0.529. The second-order valence-corrected chi connectivity index (χ2v) is 4.85. The number of aromatic nitrogens is 2. The highest BCUT2D eigenvalue weighted by molar-refractivity contribution is 6.36. The summed E-state index contributed by atoms with van der Waals surface area (Å²) in [6.45, 7) is 0. The molecule has 0 saturated heterocycles. The molecule has 2 aromatic carbocycles. The van der Waals surface area contributed by atoms with E-state index in [9.17, 15) is 0 Å². The zero-order valence-corrected chi connectivity index (χ0v) is 10.7. The summed E-state index contributed by atoms with van der Waals surface area (Å²) in [5.74, 6) is 0. The van der Waals surface area contributed by atoms with Crippen molar-refractivity contribution in [3.05, 3.63) is 59.9 Å². The molecule has 4 aromatic rings. The third-order valence-corrected chi connectivity index (χ3v) is 3.68. The van der Waals surface area contributed by atoms with E-state index in [2.05, 4.69) is 16.0 Å².